The molecule has 6 nitrogen and oxygen atoms in total. The summed E-state index contributed by atoms with van der Waals surface area (Å²) in [6.45, 7) is 2.73. The van der Waals surface area contributed by atoms with Crippen molar-refractivity contribution in [3.8, 4) is 0 Å². The Hall–Kier alpha value is -1.37. The molecule has 0 aliphatic rings. The van der Waals surface area contributed by atoms with Crippen LogP contribution >= 0.6 is 15.9 Å². The van der Waals surface area contributed by atoms with E-state index in [1.807, 2.05) is 0 Å². The van der Waals surface area contributed by atoms with Crippen LogP contribution in [0, 0.1) is 0 Å². The summed E-state index contributed by atoms with van der Waals surface area (Å²) in [5.74, 6) is -0.509. The van der Waals surface area contributed by atoms with Gasteiger partial charge < -0.3 is 10.1 Å². The van der Waals surface area contributed by atoms with Gasteiger partial charge in [-0.2, -0.15) is 5.10 Å². The number of carbonyl (C=O) groups excluding carboxylic acids is 1. The summed E-state index contributed by atoms with van der Waals surface area (Å²) in [6.07, 6.45) is 4.84. The Morgan fingerprint density at radius 3 is 2.89 bits per heavy atom. The monoisotopic (exact) mass is 331 g/mol. The molecule has 1 heterocycles. The highest BCUT2D eigenvalue weighted by Gasteiger charge is 2.11. The van der Waals surface area contributed by atoms with E-state index >= 15 is 0 Å². The minimum atomic E-state index is -0.509. The molecule has 106 valence electrons. The number of anilines is 1. The lowest BCUT2D eigenvalue weighted by Crippen LogP contribution is -2.28. The smallest absolute Gasteiger partial charge is 0.327 e. The van der Waals surface area contributed by atoms with E-state index in [-0.39, 0.29) is 12.1 Å². The molecule has 0 saturated heterocycles. The van der Waals surface area contributed by atoms with Gasteiger partial charge in [0.1, 0.15) is 11.0 Å². The largest absolute Gasteiger partial charge is 0.468 e. The number of halogens is 1. The van der Waals surface area contributed by atoms with Gasteiger partial charge in [0, 0.05) is 6.54 Å². The molecule has 1 aromatic rings. The summed E-state index contributed by atoms with van der Waals surface area (Å²) in [5.41, 5.74) is 0.285. The van der Waals surface area contributed by atoms with Gasteiger partial charge >= 0.3 is 5.97 Å². The molecule has 0 spiro atoms. The fraction of sp³-hybridized carbons (Fsp3) is 0.583. The van der Waals surface area contributed by atoms with Crippen LogP contribution in [0.3, 0.4) is 0 Å². The first kappa shape index (κ1) is 15.7. The first-order chi connectivity index (χ1) is 9.10. The van der Waals surface area contributed by atoms with Crippen LogP contribution in [0.4, 0.5) is 5.69 Å². The first-order valence-electron chi connectivity index (χ1n) is 6.16. The van der Waals surface area contributed by atoms with E-state index in [0.29, 0.717) is 10.2 Å². The molecule has 19 heavy (non-hydrogen) atoms. The molecule has 0 atom stereocenters. The highest BCUT2D eigenvalue weighted by Crippen LogP contribution is 2.16. The Labute approximate surface area is 120 Å². The minimum Gasteiger partial charge on any atom is -0.468 e. The molecule has 0 fully saturated rings. The van der Waals surface area contributed by atoms with E-state index in [4.69, 9.17) is 0 Å². The summed E-state index contributed by atoms with van der Waals surface area (Å²) >= 11 is 3.22. The standard InChI is InChI=1S/C12H18BrN3O3/c1-3-4-5-6-14-9-7-15-16(8-10(17)19-2)12(18)11(9)13/h7,14H,3-6,8H2,1-2H3. The van der Waals surface area contributed by atoms with Crippen LogP contribution in [0.25, 0.3) is 0 Å². The fourth-order valence-electron chi connectivity index (χ4n) is 1.49. The Kier molecular flexibility index (Phi) is 6.55. The Morgan fingerprint density at radius 1 is 1.53 bits per heavy atom. The third kappa shape index (κ3) is 4.66. The molecule has 7 heteroatoms. The molecular weight excluding hydrogens is 314 g/mol. The van der Waals surface area contributed by atoms with Crippen molar-refractivity contribution in [3.63, 3.8) is 0 Å². The predicted molar refractivity (Wildman–Crippen MR) is 76.2 cm³/mol. The molecule has 0 radical (unpaired) electrons. The molecule has 0 saturated carbocycles. The van der Waals surface area contributed by atoms with Crippen molar-refractivity contribution >= 4 is 27.6 Å². The van der Waals surface area contributed by atoms with Gasteiger partial charge in [-0.3, -0.25) is 9.59 Å². The van der Waals surface area contributed by atoms with Crippen molar-refractivity contribution in [2.24, 2.45) is 0 Å². The van der Waals surface area contributed by atoms with Crippen LogP contribution in [0.5, 0.6) is 0 Å². The van der Waals surface area contributed by atoms with Gasteiger partial charge in [0.2, 0.25) is 0 Å². The number of nitrogens with one attached hydrogen (secondary N) is 1. The average molecular weight is 332 g/mol. The average Bonchev–Trinajstić information content (AvgIpc) is 2.42. The number of unbranched alkanes of at least 4 members (excludes halogenated alkanes) is 2. The number of hydrogen-bond donors (Lipinski definition) is 1. The van der Waals surface area contributed by atoms with Crippen LogP contribution in [-0.2, 0) is 16.1 Å². The van der Waals surface area contributed by atoms with E-state index in [0.717, 1.165) is 30.5 Å². The van der Waals surface area contributed by atoms with E-state index in [1.54, 1.807) is 0 Å². The Balaban J connectivity index is 2.74. The van der Waals surface area contributed by atoms with Gasteiger partial charge in [-0.15, -0.1) is 0 Å². The van der Waals surface area contributed by atoms with Crippen molar-refractivity contribution < 1.29 is 9.53 Å². The van der Waals surface area contributed by atoms with Crippen molar-refractivity contribution in [1.29, 1.82) is 0 Å². The van der Waals surface area contributed by atoms with E-state index in [1.165, 1.54) is 13.3 Å². The third-order valence-corrected chi connectivity index (χ3v) is 3.35. The number of nitrogens with zero attached hydrogens (tertiary/aromatic N) is 2. The number of hydrogen-bond acceptors (Lipinski definition) is 5. The topological polar surface area (TPSA) is 73.2 Å². The van der Waals surface area contributed by atoms with Gasteiger partial charge in [0.05, 0.1) is 19.0 Å². The Morgan fingerprint density at radius 2 is 2.26 bits per heavy atom. The molecule has 0 amide bonds. The summed E-state index contributed by atoms with van der Waals surface area (Å²) in [6, 6.07) is 0. The second-order valence-electron chi connectivity index (χ2n) is 4.05. The lowest BCUT2D eigenvalue weighted by molar-refractivity contribution is -0.141. The van der Waals surface area contributed by atoms with E-state index < -0.39 is 5.97 Å². The van der Waals surface area contributed by atoms with Crippen molar-refractivity contribution in [1.82, 2.24) is 9.78 Å². The fourth-order valence-corrected chi connectivity index (χ4v) is 1.93. The molecule has 1 aromatic heterocycles. The number of rotatable bonds is 7. The van der Waals surface area contributed by atoms with E-state index in [2.05, 4.69) is 38.0 Å². The maximum atomic E-state index is 11.9. The van der Waals surface area contributed by atoms with Crippen molar-refractivity contribution in [2.45, 2.75) is 32.7 Å². The predicted octanol–water partition coefficient (Wildman–Crippen LogP) is 1.78. The maximum absolute atomic E-state index is 11.9. The van der Waals surface area contributed by atoms with Crippen molar-refractivity contribution in [3.05, 3.63) is 21.0 Å². The summed E-state index contributed by atoms with van der Waals surface area (Å²) in [7, 11) is 1.27. The van der Waals surface area contributed by atoms with Crippen LogP contribution in [-0.4, -0.2) is 29.4 Å². The maximum Gasteiger partial charge on any atom is 0.327 e. The zero-order valence-electron chi connectivity index (χ0n) is 11.1. The van der Waals surface area contributed by atoms with Crippen LogP contribution < -0.4 is 10.9 Å². The lowest BCUT2D eigenvalue weighted by atomic mass is 10.2. The van der Waals surface area contributed by atoms with Crippen LogP contribution in [0.15, 0.2) is 15.5 Å². The first-order valence-corrected chi connectivity index (χ1v) is 6.95. The molecule has 0 bridgehead atoms. The molecule has 0 unspecified atom stereocenters. The summed E-state index contributed by atoms with van der Waals surface area (Å²) < 4.78 is 5.94. The molecule has 0 aliphatic heterocycles. The Bertz CT molecular complexity index is 488. The van der Waals surface area contributed by atoms with Crippen LogP contribution in [0.1, 0.15) is 26.2 Å². The lowest BCUT2D eigenvalue weighted by Gasteiger charge is -2.09. The van der Waals surface area contributed by atoms with Gasteiger partial charge in [-0.25, -0.2) is 4.68 Å². The molecule has 1 rings (SSSR count). The number of aromatic nitrogens is 2. The summed E-state index contributed by atoms with van der Waals surface area (Å²) in [4.78, 5) is 23.1. The number of carbonyl (C=O) groups is 1. The quantitative estimate of drug-likeness (QED) is 0.609. The van der Waals surface area contributed by atoms with Gasteiger partial charge in [-0.1, -0.05) is 19.8 Å². The van der Waals surface area contributed by atoms with Crippen LogP contribution in [0.2, 0.25) is 0 Å². The zero-order valence-corrected chi connectivity index (χ0v) is 12.7. The number of methoxy groups -OCH3 is 1. The SMILES string of the molecule is CCCCCNc1cnn(CC(=O)OC)c(=O)c1Br. The molecule has 0 aromatic carbocycles. The second kappa shape index (κ2) is 7.93. The highest BCUT2D eigenvalue weighted by atomic mass is 79.9. The highest BCUT2D eigenvalue weighted by molar-refractivity contribution is 9.10. The van der Waals surface area contributed by atoms with Crippen molar-refractivity contribution in [2.75, 3.05) is 19.0 Å². The number of esters is 1. The summed E-state index contributed by atoms with van der Waals surface area (Å²) in [5, 5.41) is 7.08. The van der Waals surface area contributed by atoms with Gasteiger partial charge in [0.25, 0.3) is 5.56 Å². The minimum absolute atomic E-state index is 0.190. The third-order valence-electron chi connectivity index (χ3n) is 2.59. The number of ether oxygens (including phenoxy) is 1. The molecule has 1 N–H and O–H groups in total. The van der Waals surface area contributed by atoms with Gasteiger partial charge in [0.15, 0.2) is 0 Å². The van der Waals surface area contributed by atoms with Gasteiger partial charge in [-0.05, 0) is 22.4 Å². The normalized spacial score (nSPS) is 10.3. The second-order valence-corrected chi connectivity index (χ2v) is 4.84. The molecule has 0 aliphatic carbocycles. The molecular formula is C12H18BrN3O3. The zero-order chi connectivity index (χ0) is 14.3. The van der Waals surface area contributed by atoms with E-state index in [9.17, 15) is 9.59 Å².